The van der Waals surface area contributed by atoms with Crippen molar-refractivity contribution in [3.8, 4) is 0 Å². The molecule has 0 radical (unpaired) electrons. The van der Waals surface area contributed by atoms with Gasteiger partial charge in [-0.15, -0.1) is 0 Å². The summed E-state index contributed by atoms with van der Waals surface area (Å²) < 4.78 is 9.33. The van der Waals surface area contributed by atoms with E-state index in [4.69, 9.17) is 4.74 Å². The van der Waals surface area contributed by atoms with Gasteiger partial charge in [0.1, 0.15) is 6.10 Å². The molecule has 0 aliphatic rings. The van der Waals surface area contributed by atoms with Gasteiger partial charge in [-0.05, 0) is 19.8 Å². The predicted octanol–water partition coefficient (Wildman–Crippen LogP) is 3.04. The fourth-order valence-corrected chi connectivity index (χ4v) is 2.94. The first-order chi connectivity index (χ1) is 13.9. The lowest BCUT2D eigenvalue weighted by atomic mass is 10.1. The molecule has 0 heterocycles. The van der Waals surface area contributed by atoms with Gasteiger partial charge in [-0.3, -0.25) is 0 Å². The van der Waals surface area contributed by atoms with Gasteiger partial charge in [0, 0.05) is 5.57 Å². The molecule has 0 aromatic heterocycles. The van der Waals surface area contributed by atoms with Crippen molar-refractivity contribution in [2.24, 2.45) is 0 Å². The third-order valence-electron chi connectivity index (χ3n) is 4.92. The molecule has 7 heteroatoms. The van der Waals surface area contributed by atoms with Crippen molar-refractivity contribution in [3.05, 3.63) is 11.6 Å². The fraction of sp³-hybridized carbons (Fsp3) is 0.818. The van der Waals surface area contributed by atoms with Crippen LogP contribution in [-0.2, 0) is 19.1 Å². The largest absolute Gasteiger partial charge is 0.467 e. The van der Waals surface area contributed by atoms with Gasteiger partial charge in [0.25, 0.3) is 0 Å². The summed E-state index contributed by atoms with van der Waals surface area (Å²) in [6, 6.07) is 0. The van der Waals surface area contributed by atoms with Gasteiger partial charge in [0.2, 0.25) is 0 Å². The molecule has 0 spiro atoms. The van der Waals surface area contributed by atoms with Gasteiger partial charge in [-0.25, -0.2) is 9.59 Å². The zero-order valence-corrected chi connectivity index (χ0v) is 18.3. The number of rotatable bonds is 17. The van der Waals surface area contributed by atoms with Crippen LogP contribution in [0.25, 0.3) is 0 Å². The highest BCUT2D eigenvalue weighted by molar-refractivity contribution is 5.87. The van der Waals surface area contributed by atoms with Crippen LogP contribution in [0.15, 0.2) is 11.6 Å². The van der Waals surface area contributed by atoms with Crippen LogP contribution < -0.4 is 0 Å². The number of hydrogen-bond donors (Lipinski definition) is 3. The van der Waals surface area contributed by atoms with Crippen molar-refractivity contribution < 1.29 is 34.4 Å². The Kier molecular flexibility index (Phi) is 16.6. The molecule has 3 N–H and O–H groups in total. The summed E-state index contributed by atoms with van der Waals surface area (Å²) in [7, 11) is 1.05. The lowest BCUT2D eigenvalue weighted by molar-refractivity contribution is -0.173. The Labute approximate surface area is 175 Å². The van der Waals surface area contributed by atoms with Crippen molar-refractivity contribution in [1.82, 2.24) is 0 Å². The fourth-order valence-electron chi connectivity index (χ4n) is 2.94. The maximum absolute atomic E-state index is 12.1. The van der Waals surface area contributed by atoms with Gasteiger partial charge in [-0.2, -0.15) is 0 Å². The zero-order chi connectivity index (χ0) is 22.1. The lowest BCUT2D eigenvalue weighted by Gasteiger charge is -2.24. The topological polar surface area (TPSA) is 113 Å². The normalized spacial score (nSPS) is 14.9. The molecule has 170 valence electrons. The Morgan fingerprint density at radius 1 is 0.931 bits per heavy atom. The number of carbonyl (C=O) groups is 2. The summed E-state index contributed by atoms with van der Waals surface area (Å²) in [6.45, 7) is 3.09. The maximum atomic E-state index is 12.1. The molecule has 0 aromatic rings. The molecule has 0 saturated carbocycles. The van der Waals surface area contributed by atoms with Crippen LogP contribution in [-0.4, -0.2) is 59.3 Å². The number of aliphatic hydroxyl groups is 3. The number of hydrogen-bond acceptors (Lipinski definition) is 7. The first-order valence-corrected chi connectivity index (χ1v) is 10.8. The molecule has 0 aliphatic heterocycles. The van der Waals surface area contributed by atoms with E-state index in [1.54, 1.807) is 13.0 Å². The minimum absolute atomic E-state index is 0.360. The SMILES string of the molecule is CCCCCCCCCCCC/C=C(\C)C(=O)O[C@H](CO)[C@@H](O)[C@@H](O)C(=O)OC. The highest BCUT2D eigenvalue weighted by Crippen LogP contribution is 2.13. The van der Waals surface area contributed by atoms with E-state index in [0.717, 1.165) is 26.4 Å². The average molecular weight is 417 g/mol. The third kappa shape index (κ3) is 12.7. The second-order valence-corrected chi connectivity index (χ2v) is 7.44. The Bertz CT molecular complexity index is 476. The van der Waals surface area contributed by atoms with Crippen LogP contribution in [0.5, 0.6) is 0 Å². The summed E-state index contributed by atoms with van der Waals surface area (Å²) in [6.07, 6.45) is 9.82. The highest BCUT2D eigenvalue weighted by atomic mass is 16.6. The molecule has 0 fully saturated rings. The van der Waals surface area contributed by atoms with Gasteiger partial charge in [0.15, 0.2) is 12.2 Å². The Hall–Kier alpha value is -1.44. The van der Waals surface area contributed by atoms with Gasteiger partial charge < -0.3 is 24.8 Å². The molecule has 0 aromatic carbocycles. The maximum Gasteiger partial charge on any atom is 0.337 e. The van der Waals surface area contributed by atoms with Crippen LogP contribution >= 0.6 is 0 Å². The number of methoxy groups -OCH3 is 1. The molecular formula is C22H40O7. The molecule has 0 aliphatic carbocycles. The summed E-state index contributed by atoms with van der Waals surface area (Å²) in [5.74, 6) is -1.77. The molecular weight excluding hydrogens is 376 g/mol. The quantitative estimate of drug-likeness (QED) is 0.190. The van der Waals surface area contributed by atoms with Crippen molar-refractivity contribution in [2.75, 3.05) is 13.7 Å². The average Bonchev–Trinajstić information content (AvgIpc) is 2.73. The van der Waals surface area contributed by atoms with Crippen molar-refractivity contribution >= 4 is 11.9 Å². The van der Waals surface area contributed by atoms with Crippen molar-refractivity contribution in [1.29, 1.82) is 0 Å². The van der Waals surface area contributed by atoms with Gasteiger partial charge in [-0.1, -0.05) is 70.8 Å². The number of carbonyl (C=O) groups excluding carboxylic acids is 2. The number of aliphatic hydroxyl groups excluding tert-OH is 3. The Balaban J connectivity index is 4.09. The van der Waals surface area contributed by atoms with E-state index in [-0.39, 0.29) is 0 Å². The standard InChI is InChI=1S/C22H40O7/c1-4-5-6-7-8-9-10-11-12-13-14-15-17(2)21(26)29-18(16-23)19(24)20(25)22(27)28-3/h15,18-20,23-25H,4-14,16H2,1-3H3/b17-15+/t18-,19-,20-/m1/s1. The van der Waals surface area contributed by atoms with E-state index < -0.39 is 36.9 Å². The van der Waals surface area contributed by atoms with Crippen LogP contribution in [0.4, 0.5) is 0 Å². The summed E-state index contributed by atoms with van der Waals surface area (Å²) in [4.78, 5) is 23.3. The number of ether oxygens (including phenoxy) is 2. The second-order valence-electron chi connectivity index (χ2n) is 7.44. The second kappa shape index (κ2) is 17.4. The zero-order valence-electron chi connectivity index (χ0n) is 18.3. The van der Waals surface area contributed by atoms with E-state index in [1.165, 1.54) is 51.4 Å². The molecule has 29 heavy (non-hydrogen) atoms. The van der Waals surface area contributed by atoms with Crippen molar-refractivity contribution in [3.63, 3.8) is 0 Å². The van der Waals surface area contributed by atoms with Gasteiger partial charge >= 0.3 is 11.9 Å². The summed E-state index contributed by atoms with van der Waals surface area (Å²) in [5, 5.41) is 28.8. The van der Waals surface area contributed by atoms with Crippen LogP contribution in [0, 0.1) is 0 Å². The third-order valence-corrected chi connectivity index (χ3v) is 4.92. The summed E-state index contributed by atoms with van der Waals surface area (Å²) in [5.41, 5.74) is 0.360. The Morgan fingerprint density at radius 3 is 1.93 bits per heavy atom. The first-order valence-electron chi connectivity index (χ1n) is 10.8. The lowest BCUT2D eigenvalue weighted by Crippen LogP contribution is -2.46. The monoisotopic (exact) mass is 416 g/mol. The van der Waals surface area contributed by atoms with Crippen molar-refractivity contribution in [2.45, 2.75) is 103 Å². The van der Waals surface area contributed by atoms with E-state index in [9.17, 15) is 24.9 Å². The highest BCUT2D eigenvalue weighted by Gasteiger charge is 2.34. The smallest absolute Gasteiger partial charge is 0.337 e. The van der Waals surface area contributed by atoms with E-state index in [0.29, 0.717) is 5.57 Å². The summed E-state index contributed by atoms with van der Waals surface area (Å²) >= 11 is 0. The molecule has 0 amide bonds. The van der Waals surface area contributed by atoms with Crippen LogP contribution in [0.2, 0.25) is 0 Å². The molecule has 3 atom stereocenters. The Morgan fingerprint density at radius 2 is 1.45 bits per heavy atom. The number of esters is 2. The van der Waals surface area contributed by atoms with Gasteiger partial charge in [0.05, 0.1) is 13.7 Å². The number of allylic oxidation sites excluding steroid dienone is 1. The molecule has 0 saturated heterocycles. The molecule has 0 bridgehead atoms. The molecule has 0 rings (SSSR count). The number of unbranched alkanes of at least 4 members (excludes halogenated alkanes) is 10. The van der Waals surface area contributed by atoms with Crippen LogP contribution in [0.3, 0.4) is 0 Å². The minimum Gasteiger partial charge on any atom is -0.467 e. The minimum atomic E-state index is -1.90. The molecule has 7 nitrogen and oxygen atoms in total. The van der Waals surface area contributed by atoms with Crippen LogP contribution in [0.1, 0.15) is 84.5 Å². The predicted molar refractivity (Wildman–Crippen MR) is 111 cm³/mol. The molecule has 0 unspecified atom stereocenters. The van der Waals surface area contributed by atoms with E-state index in [1.807, 2.05) is 0 Å². The first kappa shape index (κ1) is 27.6. The van der Waals surface area contributed by atoms with E-state index in [2.05, 4.69) is 11.7 Å². The van der Waals surface area contributed by atoms with E-state index >= 15 is 0 Å².